The monoisotopic (exact) mass is 380 g/mol. The minimum atomic E-state index is -3.50. The predicted molar refractivity (Wildman–Crippen MR) is 101 cm³/mol. The van der Waals surface area contributed by atoms with Crippen LogP contribution in [-0.4, -0.2) is 29.4 Å². The van der Waals surface area contributed by atoms with Crippen LogP contribution >= 0.6 is 0 Å². The molecule has 27 heavy (non-hydrogen) atoms. The van der Waals surface area contributed by atoms with Gasteiger partial charge >= 0.3 is 0 Å². The summed E-state index contributed by atoms with van der Waals surface area (Å²) in [7, 11) is -3.50. The minimum Gasteiger partial charge on any atom is -0.236 e. The van der Waals surface area contributed by atoms with Gasteiger partial charge in [-0.15, -0.1) is 0 Å². The summed E-state index contributed by atoms with van der Waals surface area (Å²) in [6.45, 7) is 1.89. The van der Waals surface area contributed by atoms with Gasteiger partial charge in [0.25, 0.3) is 0 Å². The van der Waals surface area contributed by atoms with E-state index in [1.54, 1.807) is 48.7 Å². The summed E-state index contributed by atoms with van der Waals surface area (Å²) in [6.07, 6.45) is 2.67. The van der Waals surface area contributed by atoms with Crippen LogP contribution in [0.1, 0.15) is 5.56 Å². The second kappa shape index (κ2) is 6.28. The zero-order chi connectivity index (χ0) is 19.2. The van der Waals surface area contributed by atoms with Crippen molar-refractivity contribution in [3.8, 4) is 16.9 Å². The number of fused-ring (bicyclic) bond motifs is 1. The second-order valence-corrected chi connectivity index (χ2v) is 8.25. The van der Waals surface area contributed by atoms with Gasteiger partial charge in [-0.2, -0.15) is 5.10 Å². The Morgan fingerprint density at radius 1 is 1.15 bits per heavy atom. The third kappa shape index (κ3) is 3.10. The Labute approximate surface area is 156 Å². The predicted octanol–water partition coefficient (Wildman–Crippen LogP) is 3.74. The maximum absolute atomic E-state index is 14.1. The van der Waals surface area contributed by atoms with E-state index in [-0.39, 0.29) is 10.8 Å². The van der Waals surface area contributed by atoms with E-state index in [9.17, 15) is 12.8 Å². The molecule has 0 saturated carbocycles. The fraction of sp³-hybridized carbons (Fsp3) is 0.100. The van der Waals surface area contributed by atoms with Gasteiger partial charge in [0.05, 0.1) is 5.52 Å². The summed E-state index contributed by atoms with van der Waals surface area (Å²) in [4.78, 5) is 4.37. The Kier molecular flexibility index (Phi) is 4.04. The van der Waals surface area contributed by atoms with Crippen LogP contribution < -0.4 is 0 Å². The van der Waals surface area contributed by atoms with E-state index < -0.39 is 9.84 Å². The number of aromatic nitrogens is 3. The highest BCUT2D eigenvalue weighted by molar-refractivity contribution is 7.90. The van der Waals surface area contributed by atoms with Gasteiger partial charge in [0.2, 0.25) is 0 Å². The molecule has 135 valence electrons. The van der Waals surface area contributed by atoms with Gasteiger partial charge in [0.1, 0.15) is 5.82 Å². The Hall–Kier alpha value is -3.06. The molecular weight excluding hydrogens is 365 g/mol. The van der Waals surface area contributed by atoms with Crippen LogP contribution in [-0.2, 0) is 9.84 Å². The molecule has 0 fully saturated rings. The van der Waals surface area contributed by atoms with Crippen LogP contribution in [0.3, 0.4) is 0 Å². The van der Waals surface area contributed by atoms with Crippen LogP contribution in [0.15, 0.2) is 59.8 Å². The number of pyridine rings is 1. The lowest BCUT2D eigenvalue weighted by Crippen LogP contribution is -2.03. The molecule has 7 heteroatoms. The van der Waals surface area contributed by atoms with Crippen molar-refractivity contribution in [1.29, 1.82) is 0 Å². The van der Waals surface area contributed by atoms with Gasteiger partial charge in [0, 0.05) is 29.0 Å². The average molecular weight is 380 g/mol. The van der Waals surface area contributed by atoms with Gasteiger partial charge in [-0.05, 0) is 49.4 Å². The SMILES string of the molecule is Cc1ccc(F)c(-c2ccc(-n3nc(S(C)(=O)=O)c4cc[c]cc43)nc2)c1. The van der Waals surface area contributed by atoms with E-state index in [4.69, 9.17) is 0 Å². The Bertz CT molecular complexity index is 1260. The number of benzene rings is 2. The van der Waals surface area contributed by atoms with Crippen molar-refractivity contribution in [2.75, 3.05) is 6.26 Å². The number of rotatable bonds is 3. The highest BCUT2D eigenvalue weighted by atomic mass is 32.2. The fourth-order valence-electron chi connectivity index (χ4n) is 2.96. The van der Waals surface area contributed by atoms with E-state index in [0.29, 0.717) is 27.8 Å². The lowest BCUT2D eigenvalue weighted by atomic mass is 10.0. The van der Waals surface area contributed by atoms with Crippen molar-refractivity contribution in [3.63, 3.8) is 0 Å². The fourth-order valence-corrected chi connectivity index (χ4v) is 3.76. The molecule has 4 aromatic rings. The van der Waals surface area contributed by atoms with E-state index in [0.717, 1.165) is 11.8 Å². The molecule has 0 spiro atoms. The maximum atomic E-state index is 14.1. The van der Waals surface area contributed by atoms with Crippen LogP contribution in [0.4, 0.5) is 4.39 Å². The van der Waals surface area contributed by atoms with Gasteiger partial charge in [-0.25, -0.2) is 22.5 Å². The van der Waals surface area contributed by atoms with Crippen molar-refractivity contribution in [1.82, 2.24) is 14.8 Å². The molecule has 1 radical (unpaired) electrons. The Morgan fingerprint density at radius 3 is 2.67 bits per heavy atom. The quantitative estimate of drug-likeness (QED) is 0.543. The van der Waals surface area contributed by atoms with E-state index in [1.807, 2.05) is 6.92 Å². The number of halogens is 1. The number of sulfone groups is 1. The summed E-state index contributed by atoms with van der Waals surface area (Å²) in [5, 5.41) is 4.73. The minimum absolute atomic E-state index is 0.0119. The lowest BCUT2D eigenvalue weighted by molar-refractivity contribution is 0.597. The third-order valence-electron chi connectivity index (χ3n) is 4.24. The molecule has 4 rings (SSSR count). The molecule has 0 aliphatic heterocycles. The zero-order valence-corrected chi connectivity index (χ0v) is 15.5. The van der Waals surface area contributed by atoms with Crippen LogP contribution in [0.5, 0.6) is 0 Å². The molecule has 0 aliphatic rings. The van der Waals surface area contributed by atoms with Crippen molar-refractivity contribution < 1.29 is 12.8 Å². The first kappa shape index (κ1) is 17.4. The molecule has 2 aromatic carbocycles. The molecule has 0 aliphatic carbocycles. The largest absolute Gasteiger partial charge is 0.236 e. The molecule has 0 bridgehead atoms. The van der Waals surface area contributed by atoms with Crippen molar-refractivity contribution in [2.45, 2.75) is 11.9 Å². The first-order valence-corrected chi connectivity index (χ1v) is 10.1. The molecule has 5 nitrogen and oxygen atoms in total. The van der Waals surface area contributed by atoms with Crippen molar-refractivity contribution >= 4 is 20.7 Å². The number of aryl methyl sites for hydroxylation is 1. The Balaban J connectivity index is 1.85. The molecule has 0 unspecified atom stereocenters. The molecular formula is C20H15FN3O2S. The summed E-state index contributed by atoms with van der Waals surface area (Å²) in [5.74, 6) is 0.111. The van der Waals surface area contributed by atoms with Crippen LogP contribution in [0, 0.1) is 18.8 Å². The van der Waals surface area contributed by atoms with Crippen molar-refractivity contribution in [2.24, 2.45) is 0 Å². The third-order valence-corrected chi connectivity index (χ3v) is 5.24. The highest BCUT2D eigenvalue weighted by Gasteiger charge is 2.20. The molecule has 0 atom stereocenters. The summed E-state index contributed by atoms with van der Waals surface area (Å²) in [6, 6.07) is 16.2. The number of nitrogens with zero attached hydrogens (tertiary/aromatic N) is 3. The van der Waals surface area contributed by atoms with E-state index >= 15 is 0 Å². The second-order valence-electron chi connectivity index (χ2n) is 6.32. The van der Waals surface area contributed by atoms with Gasteiger partial charge < -0.3 is 0 Å². The van der Waals surface area contributed by atoms with E-state index in [1.165, 1.54) is 10.7 Å². The first-order valence-electron chi connectivity index (χ1n) is 8.16. The lowest BCUT2D eigenvalue weighted by Gasteiger charge is -2.07. The first-order chi connectivity index (χ1) is 12.8. The average Bonchev–Trinajstić information content (AvgIpc) is 3.04. The topological polar surface area (TPSA) is 64.8 Å². The highest BCUT2D eigenvalue weighted by Crippen LogP contribution is 2.27. The van der Waals surface area contributed by atoms with E-state index in [2.05, 4.69) is 16.1 Å². The summed E-state index contributed by atoms with van der Waals surface area (Å²) >= 11 is 0. The molecule has 2 aromatic heterocycles. The van der Waals surface area contributed by atoms with Gasteiger partial charge in [-0.1, -0.05) is 17.7 Å². The van der Waals surface area contributed by atoms with Crippen LogP contribution in [0.25, 0.3) is 27.8 Å². The van der Waals surface area contributed by atoms with Crippen molar-refractivity contribution in [3.05, 3.63) is 72.2 Å². The van der Waals surface area contributed by atoms with Gasteiger partial charge in [0.15, 0.2) is 20.7 Å². The number of hydrogen-bond donors (Lipinski definition) is 0. The summed E-state index contributed by atoms with van der Waals surface area (Å²) in [5.41, 5.74) is 2.62. The molecule has 0 N–H and O–H groups in total. The molecule has 2 heterocycles. The maximum Gasteiger partial charge on any atom is 0.195 e. The molecule has 0 saturated heterocycles. The normalized spacial score (nSPS) is 11.8. The Morgan fingerprint density at radius 2 is 1.96 bits per heavy atom. The standard InChI is InChI=1S/C20H15FN3O2S/c1-13-7-9-17(21)16(11-13)14-8-10-19(22-12-14)24-18-6-4-3-5-15(18)20(23-24)27(2,25)26/h3,5-12H,1-2H3. The molecule has 0 amide bonds. The smallest absolute Gasteiger partial charge is 0.195 e. The van der Waals surface area contributed by atoms with Gasteiger partial charge in [-0.3, -0.25) is 0 Å². The van der Waals surface area contributed by atoms with Crippen LogP contribution in [0.2, 0.25) is 0 Å². The zero-order valence-electron chi connectivity index (χ0n) is 14.6. The summed E-state index contributed by atoms with van der Waals surface area (Å²) < 4.78 is 39.7. The number of hydrogen-bond acceptors (Lipinski definition) is 4.